The predicted molar refractivity (Wildman–Crippen MR) is 98.5 cm³/mol. The summed E-state index contributed by atoms with van der Waals surface area (Å²) in [6, 6.07) is 13.3. The van der Waals surface area contributed by atoms with E-state index in [0.717, 1.165) is 11.3 Å². The largest absolute Gasteiger partial charge is 0.368 e. The molecule has 0 spiro atoms. The lowest BCUT2D eigenvalue weighted by Crippen LogP contribution is -2.52. The summed E-state index contributed by atoms with van der Waals surface area (Å²) in [5, 5.41) is 3.25. The molecule has 0 radical (unpaired) electrons. The molecule has 1 fully saturated rings. The van der Waals surface area contributed by atoms with Gasteiger partial charge >= 0.3 is 11.8 Å². The molecule has 3 rings (SSSR count). The van der Waals surface area contributed by atoms with Gasteiger partial charge in [-0.25, -0.2) is 4.39 Å². The molecule has 0 atom stereocenters. The number of hydrogen-bond donors (Lipinski definition) is 1. The van der Waals surface area contributed by atoms with Crippen LogP contribution in [-0.2, 0) is 16.1 Å². The van der Waals surface area contributed by atoms with Crippen LogP contribution in [0.5, 0.6) is 0 Å². The van der Waals surface area contributed by atoms with E-state index in [-0.39, 0.29) is 12.4 Å². The molecule has 0 saturated carbocycles. The third kappa shape index (κ3) is 4.52. The topological polar surface area (TPSA) is 52.7 Å². The van der Waals surface area contributed by atoms with Gasteiger partial charge < -0.3 is 15.1 Å². The fourth-order valence-corrected chi connectivity index (χ4v) is 3.03. The maximum absolute atomic E-state index is 12.9. The summed E-state index contributed by atoms with van der Waals surface area (Å²) in [7, 11) is 0. The van der Waals surface area contributed by atoms with E-state index in [1.54, 1.807) is 17.0 Å². The number of piperazine rings is 1. The Morgan fingerprint density at radius 3 is 2.38 bits per heavy atom. The SMILES string of the molecule is O=C(NCc1ccc(F)cc1)C(=O)N1CCN(c2cccc(Cl)c2)CC1. The van der Waals surface area contributed by atoms with Crippen LogP contribution in [0.3, 0.4) is 0 Å². The number of benzene rings is 2. The van der Waals surface area contributed by atoms with Gasteiger partial charge in [0, 0.05) is 43.4 Å². The Balaban J connectivity index is 1.49. The summed E-state index contributed by atoms with van der Waals surface area (Å²) in [6.07, 6.45) is 0. The number of amides is 2. The second kappa shape index (κ2) is 8.19. The summed E-state index contributed by atoms with van der Waals surface area (Å²) < 4.78 is 12.9. The van der Waals surface area contributed by atoms with Crippen LogP contribution in [-0.4, -0.2) is 42.9 Å². The molecule has 0 aromatic heterocycles. The third-order valence-corrected chi connectivity index (χ3v) is 4.54. The Labute approximate surface area is 156 Å². The van der Waals surface area contributed by atoms with Crippen molar-refractivity contribution in [2.75, 3.05) is 31.1 Å². The molecule has 1 N–H and O–H groups in total. The Bertz CT molecular complexity index is 790. The minimum Gasteiger partial charge on any atom is -0.368 e. The highest BCUT2D eigenvalue weighted by atomic mass is 35.5. The van der Waals surface area contributed by atoms with E-state index in [1.165, 1.54) is 12.1 Å². The first-order valence-corrected chi connectivity index (χ1v) is 8.73. The Morgan fingerprint density at radius 1 is 1.04 bits per heavy atom. The number of carbonyl (C=O) groups excluding carboxylic acids is 2. The number of rotatable bonds is 3. The van der Waals surface area contributed by atoms with Gasteiger partial charge in [-0.2, -0.15) is 0 Å². The summed E-state index contributed by atoms with van der Waals surface area (Å²) in [5.41, 5.74) is 1.74. The maximum atomic E-state index is 12.9. The zero-order chi connectivity index (χ0) is 18.5. The summed E-state index contributed by atoms with van der Waals surface area (Å²) >= 11 is 6.01. The zero-order valence-corrected chi connectivity index (χ0v) is 14.9. The summed E-state index contributed by atoms with van der Waals surface area (Å²) in [4.78, 5) is 28.0. The predicted octanol–water partition coefficient (Wildman–Crippen LogP) is 2.44. The molecule has 0 aliphatic carbocycles. The molecule has 1 heterocycles. The standard InChI is InChI=1S/C19H19ClFN3O2/c20-15-2-1-3-17(12-15)23-8-10-24(11-9-23)19(26)18(25)22-13-14-4-6-16(21)7-5-14/h1-7,12H,8-11,13H2,(H,22,25). The number of halogens is 2. The van der Waals surface area contributed by atoms with Crippen LogP contribution in [0.15, 0.2) is 48.5 Å². The quantitative estimate of drug-likeness (QED) is 0.838. The van der Waals surface area contributed by atoms with Gasteiger partial charge in [0.25, 0.3) is 0 Å². The fraction of sp³-hybridized carbons (Fsp3) is 0.263. The van der Waals surface area contributed by atoms with Gasteiger partial charge in [0.2, 0.25) is 0 Å². The van der Waals surface area contributed by atoms with Crippen molar-refractivity contribution in [1.29, 1.82) is 0 Å². The minimum atomic E-state index is -0.648. The van der Waals surface area contributed by atoms with E-state index >= 15 is 0 Å². The van der Waals surface area contributed by atoms with Crippen molar-refractivity contribution < 1.29 is 14.0 Å². The molecule has 2 amide bonds. The first-order valence-electron chi connectivity index (χ1n) is 8.35. The zero-order valence-electron chi connectivity index (χ0n) is 14.1. The molecule has 1 saturated heterocycles. The first-order chi connectivity index (χ1) is 12.5. The van der Waals surface area contributed by atoms with Crippen molar-refractivity contribution in [3.05, 3.63) is 64.9 Å². The van der Waals surface area contributed by atoms with Gasteiger partial charge in [-0.05, 0) is 35.9 Å². The molecule has 2 aromatic carbocycles. The van der Waals surface area contributed by atoms with E-state index in [2.05, 4.69) is 10.2 Å². The highest BCUT2D eigenvalue weighted by Crippen LogP contribution is 2.20. The van der Waals surface area contributed by atoms with Crippen LogP contribution in [0.1, 0.15) is 5.56 Å². The van der Waals surface area contributed by atoms with Gasteiger partial charge in [0.05, 0.1) is 0 Å². The van der Waals surface area contributed by atoms with Gasteiger partial charge in [-0.1, -0.05) is 29.8 Å². The number of nitrogens with one attached hydrogen (secondary N) is 1. The molecule has 1 aliphatic rings. The molecule has 2 aromatic rings. The molecule has 5 nitrogen and oxygen atoms in total. The van der Waals surface area contributed by atoms with Gasteiger partial charge in [-0.3, -0.25) is 9.59 Å². The van der Waals surface area contributed by atoms with Crippen molar-refractivity contribution in [2.24, 2.45) is 0 Å². The number of anilines is 1. The molecule has 7 heteroatoms. The lowest BCUT2D eigenvalue weighted by Gasteiger charge is -2.35. The lowest BCUT2D eigenvalue weighted by atomic mass is 10.2. The van der Waals surface area contributed by atoms with E-state index in [1.807, 2.05) is 24.3 Å². The smallest absolute Gasteiger partial charge is 0.312 e. The summed E-state index contributed by atoms with van der Waals surface area (Å²) in [5.74, 6) is -1.53. The van der Waals surface area contributed by atoms with Crippen LogP contribution in [0, 0.1) is 5.82 Å². The average molecular weight is 376 g/mol. The normalized spacial score (nSPS) is 14.2. The van der Waals surface area contributed by atoms with E-state index in [9.17, 15) is 14.0 Å². The number of carbonyl (C=O) groups is 2. The minimum absolute atomic E-state index is 0.188. The molecule has 0 unspecified atom stereocenters. The maximum Gasteiger partial charge on any atom is 0.312 e. The summed E-state index contributed by atoms with van der Waals surface area (Å²) in [6.45, 7) is 2.40. The van der Waals surface area contributed by atoms with Crippen molar-refractivity contribution in [3.8, 4) is 0 Å². The van der Waals surface area contributed by atoms with Gasteiger partial charge in [0.1, 0.15) is 5.82 Å². The van der Waals surface area contributed by atoms with Crippen molar-refractivity contribution in [2.45, 2.75) is 6.54 Å². The average Bonchev–Trinajstić information content (AvgIpc) is 2.67. The molecular formula is C19H19ClFN3O2. The van der Waals surface area contributed by atoms with Crippen LogP contribution in [0.25, 0.3) is 0 Å². The van der Waals surface area contributed by atoms with Crippen LogP contribution in [0.4, 0.5) is 10.1 Å². The van der Waals surface area contributed by atoms with Crippen molar-refractivity contribution >= 4 is 29.1 Å². The third-order valence-electron chi connectivity index (χ3n) is 4.30. The molecule has 1 aliphatic heterocycles. The van der Waals surface area contributed by atoms with Crippen LogP contribution >= 0.6 is 11.6 Å². The Morgan fingerprint density at radius 2 is 1.73 bits per heavy atom. The lowest BCUT2D eigenvalue weighted by molar-refractivity contribution is -0.146. The molecular weight excluding hydrogens is 357 g/mol. The van der Waals surface area contributed by atoms with Gasteiger partial charge in [-0.15, -0.1) is 0 Å². The second-order valence-electron chi connectivity index (χ2n) is 6.07. The van der Waals surface area contributed by atoms with E-state index < -0.39 is 11.8 Å². The molecule has 26 heavy (non-hydrogen) atoms. The number of hydrogen-bond acceptors (Lipinski definition) is 3. The second-order valence-corrected chi connectivity index (χ2v) is 6.50. The van der Waals surface area contributed by atoms with E-state index in [4.69, 9.17) is 11.6 Å². The van der Waals surface area contributed by atoms with Crippen LogP contribution in [0.2, 0.25) is 5.02 Å². The fourth-order valence-electron chi connectivity index (χ4n) is 2.84. The van der Waals surface area contributed by atoms with Crippen LogP contribution < -0.4 is 10.2 Å². The van der Waals surface area contributed by atoms with Crippen molar-refractivity contribution in [1.82, 2.24) is 10.2 Å². The van der Waals surface area contributed by atoms with E-state index in [0.29, 0.717) is 31.2 Å². The monoisotopic (exact) mass is 375 g/mol. The molecule has 0 bridgehead atoms. The number of nitrogens with zero attached hydrogens (tertiary/aromatic N) is 2. The van der Waals surface area contributed by atoms with Gasteiger partial charge in [0.15, 0.2) is 0 Å². The first kappa shape index (κ1) is 18.2. The van der Waals surface area contributed by atoms with Crippen molar-refractivity contribution in [3.63, 3.8) is 0 Å². The Hall–Kier alpha value is -2.60. The molecule has 136 valence electrons. The highest BCUT2D eigenvalue weighted by Gasteiger charge is 2.26. The Kier molecular flexibility index (Phi) is 5.73. The highest BCUT2D eigenvalue weighted by molar-refractivity contribution is 6.35.